The molecular formula is C12H17N5O. The number of anilines is 1. The highest BCUT2D eigenvalue weighted by molar-refractivity contribution is 5.36. The van der Waals surface area contributed by atoms with Gasteiger partial charge >= 0.3 is 0 Å². The van der Waals surface area contributed by atoms with Crippen LogP contribution in [0.2, 0.25) is 0 Å². The first-order chi connectivity index (χ1) is 8.88. The second kappa shape index (κ2) is 6.58. The highest BCUT2D eigenvalue weighted by Gasteiger charge is 2.00. The lowest BCUT2D eigenvalue weighted by molar-refractivity contribution is 0.305. The van der Waals surface area contributed by atoms with Crippen molar-refractivity contribution in [3.63, 3.8) is 0 Å². The van der Waals surface area contributed by atoms with Crippen LogP contribution in [0.1, 0.15) is 19.2 Å². The molecule has 18 heavy (non-hydrogen) atoms. The number of imidazole rings is 1. The molecule has 96 valence electrons. The van der Waals surface area contributed by atoms with Crippen molar-refractivity contribution in [2.75, 3.05) is 18.5 Å². The molecular weight excluding hydrogens is 230 g/mol. The number of aromatic amines is 1. The molecule has 0 saturated heterocycles. The molecule has 0 spiro atoms. The Bertz CT molecular complexity index is 457. The molecule has 0 aliphatic rings. The average Bonchev–Trinajstić information content (AvgIpc) is 2.90. The maximum absolute atomic E-state index is 5.44. The molecule has 2 heterocycles. The summed E-state index contributed by atoms with van der Waals surface area (Å²) >= 11 is 0. The van der Waals surface area contributed by atoms with Crippen molar-refractivity contribution in [2.24, 2.45) is 0 Å². The van der Waals surface area contributed by atoms with Crippen LogP contribution in [0.3, 0.4) is 0 Å². The van der Waals surface area contributed by atoms with Crippen LogP contribution < -0.4 is 10.1 Å². The van der Waals surface area contributed by atoms with Gasteiger partial charge in [-0.2, -0.15) is 0 Å². The van der Waals surface area contributed by atoms with Crippen molar-refractivity contribution >= 4 is 5.82 Å². The fourth-order valence-corrected chi connectivity index (χ4v) is 1.47. The Hall–Kier alpha value is -2.11. The van der Waals surface area contributed by atoms with Crippen molar-refractivity contribution in [1.29, 1.82) is 0 Å². The molecule has 0 aliphatic heterocycles. The van der Waals surface area contributed by atoms with E-state index in [1.807, 2.05) is 6.20 Å². The fraction of sp³-hybridized carbons (Fsp3) is 0.417. The minimum atomic E-state index is 0.604. The van der Waals surface area contributed by atoms with E-state index in [9.17, 15) is 0 Å². The van der Waals surface area contributed by atoms with Crippen LogP contribution in [0.5, 0.6) is 5.88 Å². The first-order valence-electron chi connectivity index (χ1n) is 6.05. The van der Waals surface area contributed by atoms with Gasteiger partial charge in [-0.25, -0.2) is 15.0 Å². The Morgan fingerprint density at radius 2 is 2.28 bits per heavy atom. The monoisotopic (exact) mass is 247 g/mol. The van der Waals surface area contributed by atoms with Gasteiger partial charge in [0.2, 0.25) is 5.88 Å². The molecule has 0 atom stereocenters. The number of nitrogens with one attached hydrogen (secondary N) is 2. The summed E-state index contributed by atoms with van der Waals surface area (Å²) in [7, 11) is 0. The molecule has 2 aromatic rings. The SMILES string of the molecule is CCCOc1cc(NCCc2ncc[nH]2)ncn1. The van der Waals surface area contributed by atoms with Crippen LogP contribution in [-0.2, 0) is 6.42 Å². The van der Waals surface area contributed by atoms with E-state index in [-0.39, 0.29) is 0 Å². The minimum absolute atomic E-state index is 0.604. The van der Waals surface area contributed by atoms with Gasteiger partial charge in [0.25, 0.3) is 0 Å². The van der Waals surface area contributed by atoms with E-state index < -0.39 is 0 Å². The van der Waals surface area contributed by atoms with E-state index in [1.165, 1.54) is 6.33 Å². The minimum Gasteiger partial charge on any atom is -0.478 e. The second-order valence-electron chi connectivity index (χ2n) is 3.80. The number of ether oxygens (including phenoxy) is 1. The van der Waals surface area contributed by atoms with Gasteiger partial charge in [0.1, 0.15) is 18.0 Å². The van der Waals surface area contributed by atoms with Gasteiger partial charge in [0.05, 0.1) is 6.61 Å². The molecule has 0 saturated carbocycles. The van der Waals surface area contributed by atoms with Gasteiger partial charge < -0.3 is 15.0 Å². The number of rotatable bonds is 7. The predicted molar refractivity (Wildman–Crippen MR) is 68.6 cm³/mol. The van der Waals surface area contributed by atoms with Gasteiger partial charge in [-0.3, -0.25) is 0 Å². The van der Waals surface area contributed by atoms with E-state index in [1.54, 1.807) is 12.3 Å². The summed E-state index contributed by atoms with van der Waals surface area (Å²) in [5.41, 5.74) is 0. The molecule has 0 aromatic carbocycles. The first-order valence-corrected chi connectivity index (χ1v) is 6.05. The summed E-state index contributed by atoms with van der Waals surface area (Å²) in [5, 5.41) is 3.21. The Morgan fingerprint density at radius 1 is 1.33 bits per heavy atom. The number of hydrogen-bond acceptors (Lipinski definition) is 5. The molecule has 0 amide bonds. The molecule has 6 nitrogen and oxygen atoms in total. The van der Waals surface area contributed by atoms with Crippen molar-refractivity contribution in [3.8, 4) is 5.88 Å². The number of H-pyrrole nitrogens is 1. The predicted octanol–water partition coefficient (Wildman–Crippen LogP) is 1.64. The number of nitrogens with zero attached hydrogens (tertiary/aromatic N) is 3. The lowest BCUT2D eigenvalue weighted by atomic mass is 10.4. The van der Waals surface area contributed by atoms with E-state index in [4.69, 9.17) is 4.74 Å². The third-order valence-corrected chi connectivity index (χ3v) is 2.32. The number of aromatic nitrogens is 4. The maximum atomic E-state index is 5.44. The Balaban J connectivity index is 1.81. The van der Waals surface area contributed by atoms with Crippen molar-refractivity contribution < 1.29 is 4.74 Å². The van der Waals surface area contributed by atoms with E-state index in [2.05, 4.69) is 32.2 Å². The Kier molecular flexibility index (Phi) is 4.52. The molecule has 2 aromatic heterocycles. The van der Waals surface area contributed by atoms with E-state index >= 15 is 0 Å². The molecule has 0 aliphatic carbocycles. The molecule has 0 unspecified atom stereocenters. The zero-order valence-corrected chi connectivity index (χ0v) is 10.4. The van der Waals surface area contributed by atoms with Crippen LogP contribution >= 0.6 is 0 Å². The van der Waals surface area contributed by atoms with Gasteiger partial charge in [-0.15, -0.1) is 0 Å². The normalized spacial score (nSPS) is 10.3. The summed E-state index contributed by atoms with van der Waals surface area (Å²) in [6.07, 6.45) is 6.85. The zero-order valence-electron chi connectivity index (χ0n) is 10.4. The number of hydrogen-bond donors (Lipinski definition) is 2. The largest absolute Gasteiger partial charge is 0.478 e. The summed E-state index contributed by atoms with van der Waals surface area (Å²) in [6.45, 7) is 3.49. The van der Waals surface area contributed by atoms with Gasteiger partial charge in [0.15, 0.2) is 0 Å². The highest BCUT2D eigenvalue weighted by atomic mass is 16.5. The topological polar surface area (TPSA) is 75.7 Å². The van der Waals surface area contributed by atoms with Crippen LogP contribution in [0.4, 0.5) is 5.82 Å². The van der Waals surface area contributed by atoms with E-state index in [0.29, 0.717) is 12.5 Å². The summed E-state index contributed by atoms with van der Waals surface area (Å²) in [4.78, 5) is 15.4. The second-order valence-corrected chi connectivity index (χ2v) is 3.80. The smallest absolute Gasteiger partial charge is 0.218 e. The molecule has 2 N–H and O–H groups in total. The lowest BCUT2D eigenvalue weighted by Gasteiger charge is -2.06. The van der Waals surface area contributed by atoms with Crippen molar-refractivity contribution in [1.82, 2.24) is 19.9 Å². The van der Waals surface area contributed by atoms with Gasteiger partial charge in [0, 0.05) is 31.4 Å². The first kappa shape index (κ1) is 12.3. The molecule has 0 fully saturated rings. The summed E-state index contributed by atoms with van der Waals surface area (Å²) in [6, 6.07) is 1.80. The molecule has 2 rings (SSSR count). The zero-order chi connectivity index (χ0) is 12.6. The third-order valence-electron chi connectivity index (χ3n) is 2.32. The van der Waals surface area contributed by atoms with E-state index in [0.717, 1.165) is 31.0 Å². The highest BCUT2D eigenvalue weighted by Crippen LogP contribution is 2.10. The average molecular weight is 247 g/mol. The van der Waals surface area contributed by atoms with Crippen LogP contribution in [0, 0.1) is 0 Å². The quantitative estimate of drug-likeness (QED) is 0.778. The van der Waals surface area contributed by atoms with Crippen LogP contribution in [0.25, 0.3) is 0 Å². The lowest BCUT2D eigenvalue weighted by Crippen LogP contribution is -2.08. The van der Waals surface area contributed by atoms with Gasteiger partial charge in [-0.05, 0) is 6.42 Å². The molecule has 0 bridgehead atoms. The summed E-state index contributed by atoms with van der Waals surface area (Å²) in [5.74, 6) is 2.33. The fourth-order valence-electron chi connectivity index (χ4n) is 1.47. The maximum Gasteiger partial charge on any atom is 0.218 e. The molecule has 6 heteroatoms. The third kappa shape index (κ3) is 3.73. The van der Waals surface area contributed by atoms with Crippen LogP contribution in [0.15, 0.2) is 24.8 Å². The Labute approximate surface area is 106 Å². The van der Waals surface area contributed by atoms with Gasteiger partial charge in [-0.1, -0.05) is 6.92 Å². The summed E-state index contributed by atoms with van der Waals surface area (Å²) < 4.78 is 5.44. The van der Waals surface area contributed by atoms with Crippen LogP contribution in [-0.4, -0.2) is 33.1 Å². The van der Waals surface area contributed by atoms with Crippen molar-refractivity contribution in [2.45, 2.75) is 19.8 Å². The Morgan fingerprint density at radius 3 is 3.06 bits per heavy atom. The molecule has 0 radical (unpaired) electrons. The standard InChI is InChI=1S/C12H17N5O/c1-2-7-18-12-8-11(16-9-17-12)13-4-3-10-14-5-6-15-10/h5-6,8-9H,2-4,7H2,1H3,(H,14,15)(H,13,16,17). The van der Waals surface area contributed by atoms with Crippen molar-refractivity contribution in [3.05, 3.63) is 30.6 Å².